The highest BCUT2D eigenvalue weighted by Gasteiger charge is 2.24. The van der Waals surface area contributed by atoms with E-state index < -0.39 is 0 Å². The summed E-state index contributed by atoms with van der Waals surface area (Å²) >= 11 is 0. The Morgan fingerprint density at radius 2 is 1.89 bits per heavy atom. The number of para-hydroxylation sites is 1. The smallest absolute Gasteiger partial charge is 0.271 e. The van der Waals surface area contributed by atoms with Crippen molar-refractivity contribution < 1.29 is 4.79 Å². The molecule has 1 aliphatic rings. The van der Waals surface area contributed by atoms with Gasteiger partial charge in [-0.2, -0.15) is 5.10 Å². The maximum absolute atomic E-state index is 12.6. The van der Waals surface area contributed by atoms with E-state index in [4.69, 9.17) is 0 Å². The summed E-state index contributed by atoms with van der Waals surface area (Å²) in [6.07, 6.45) is 3.34. The van der Waals surface area contributed by atoms with Crippen molar-refractivity contribution in [2.24, 2.45) is 14.1 Å². The van der Waals surface area contributed by atoms with Crippen molar-refractivity contribution in [1.29, 1.82) is 0 Å². The van der Waals surface area contributed by atoms with Crippen molar-refractivity contribution in [1.82, 2.24) is 24.6 Å². The van der Waals surface area contributed by atoms with Gasteiger partial charge >= 0.3 is 0 Å². The SMILES string of the molecule is Cn1ccc(C(=O)NC2CCN(c3nc4ccccc4c(=O)n3C)CC2)n1. The Hall–Kier alpha value is -3.16. The summed E-state index contributed by atoms with van der Waals surface area (Å²) in [4.78, 5) is 31.6. The number of anilines is 1. The minimum atomic E-state index is -0.148. The van der Waals surface area contributed by atoms with Crippen LogP contribution in [0.2, 0.25) is 0 Å². The molecule has 0 spiro atoms. The van der Waals surface area contributed by atoms with Gasteiger partial charge in [0.2, 0.25) is 5.95 Å². The lowest BCUT2D eigenvalue weighted by atomic mass is 10.1. The van der Waals surface area contributed by atoms with Crippen molar-refractivity contribution in [3.63, 3.8) is 0 Å². The predicted octanol–water partition coefficient (Wildman–Crippen LogP) is 1.07. The van der Waals surface area contributed by atoms with Gasteiger partial charge < -0.3 is 10.2 Å². The van der Waals surface area contributed by atoms with Gasteiger partial charge in [-0.05, 0) is 31.0 Å². The van der Waals surface area contributed by atoms with Crippen LogP contribution in [0.15, 0.2) is 41.3 Å². The second-order valence-corrected chi connectivity index (χ2v) is 6.90. The van der Waals surface area contributed by atoms with Crippen LogP contribution in [0.25, 0.3) is 10.9 Å². The number of carbonyl (C=O) groups is 1. The minimum absolute atomic E-state index is 0.0406. The Kier molecular flexibility index (Phi) is 4.39. The lowest BCUT2D eigenvalue weighted by molar-refractivity contribution is 0.0925. The fraction of sp³-hybridized carbons (Fsp3) is 0.368. The molecule has 1 N–H and O–H groups in total. The van der Waals surface area contributed by atoms with Crippen molar-refractivity contribution in [2.75, 3.05) is 18.0 Å². The van der Waals surface area contributed by atoms with E-state index in [1.165, 1.54) is 0 Å². The molecule has 0 atom stereocenters. The predicted molar refractivity (Wildman–Crippen MR) is 103 cm³/mol. The molecule has 0 saturated carbocycles. The van der Waals surface area contributed by atoms with E-state index in [1.807, 2.05) is 18.2 Å². The second kappa shape index (κ2) is 6.86. The number of carbonyl (C=O) groups excluding carboxylic acids is 1. The fourth-order valence-electron chi connectivity index (χ4n) is 3.51. The first kappa shape index (κ1) is 17.3. The summed E-state index contributed by atoms with van der Waals surface area (Å²) in [7, 11) is 3.54. The van der Waals surface area contributed by atoms with E-state index in [2.05, 4.69) is 20.3 Å². The first-order chi connectivity index (χ1) is 13.0. The second-order valence-electron chi connectivity index (χ2n) is 6.90. The lowest BCUT2D eigenvalue weighted by Gasteiger charge is -2.33. The van der Waals surface area contributed by atoms with Gasteiger partial charge in [0.25, 0.3) is 11.5 Å². The third kappa shape index (κ3) is 3.30. The molecule has 0 unspecified atom stereocenters. The molecule has 1 saturated heterocycles. The van der Waals surface area contributed by atoms with Crippen LogP contribution >= 0.6 is 0 Å². The number of hydrogen-bond acceptors (Lipinski definition) is 5. The monoisotopic (exact) mass is 366 g/mol. The zero-order valence-electron chi connectivity index (χ0n) is 15.4. The molecule has 8 nitrogen and oxygen atoms in total. The summed E-state index contributed by atoms with van der Waals surface area (Å²) in [6.45, 7) is 1.46. The highest BCUT2D eigenvalue weighted by Crippen LogP contribution is 2.19. The number of fused-ring (bicyclic) bond motifs is 1. The zero-order chi connectivity index (χ0) is 19.0. The molecule has 8 heteroatoms. The number of benzene rings is 1. The lowest BCUT2D eigenvalue weighted by Crippen LogP contribution is -2.46. The number of amides is 1. The molecule has 0 aliphatic carbocycles. The molecule has 1 aliphatic heterocycles. The van der Waals surface area contributed by atoms with E-state index in [1.54, 1.807) is 41.7 Å². The molecule has 1 aromatic carbocycles. The third-order valence-electron chi connectivity index (χ3n) is 5.02. The molecule has 1 amide bonds. The first-order valence-electron chi connectivity index (χ1n) is 9.04. The quantitative estimate of drug-likeness (QED) is 0.749. The summed E-state index contributed by atoms with van der Waals surface area (Å²) in [6, 6.07) is 9.19. The molecule has 140 valence electrons. The average Bonchev–Trinajstić information content (AvgIpc) is 3.12. The van der Waals surface area contributed by atoms with Crippen LogP contribution in [0, 0.1) is 0 Å². The fourth-order valence-corrected chi connectivity index (χ4v) is 3.51. The van der Waals surface area contributed by atoms with Crippen LogP contribution < -0.4 is 15.8 Å². The van der Waals surface area contributed by atoms with E-state index in [-0.39, 0.29) is 17.5 Å². The van der Waals surface area contributed by atoms with Crippen LogP contribution in [-0.4, -0.2) is 44.4 Å². The van der Waals surface area contributed by atoms with Gasteiger partial charge in [-0.25, -0.2) is 4.98 Å². The Balaban J connectivity index is 1.46. The molecule has 4 rings (SSSR count). The Morgan fingerprint density at radius 3 is 2.59 bits per heavy atom. The van der Waals surface area contributed by atoms with Crippen molar-refractivity contribution >= 4 is 22.8 Å². The number of nitrogens with one attached hydrogen (secondary N) is 1. The van der Waals surface area contributed by atoms with Crippen LogP contribution in [0.4, 0.5) is 5.95 Å². The zero-order valence-corrected chi connectivity index (χ0v) is 15.4. The average molecular weight is 366 g/mol. The number of hydrogen-bond donors (Lipinski definition) is 1. The molecule has 27 heavy (non-hydrogen) atoms. The number of rotatable bonds is 3. The van der Waals surface area contributed by atoms with Gasteiger partial charge in [0.15, 0.2) is 0 Å². The maximum Gasteiger partial charge on any atom is 0.271 e. The van der Waals surface area contributed by atoms with Crippen LogP contribution in [-0.2, 0) is 14.1 Å². The maximum atomic E-state index is 12.6. The van der Waals surface area contributed by atoms with Crippen LogP contribution in [0.5, 0.6) is 0 Å². The van der Waals surface area contributed by atoms with Gasteiger partial charge in [-0.1, -0.05) is 12.1 Å². The van der Waals surface area contributed by atoms with Crippen molar-refractivity contribution in [3.8, 4) is 0 Å². The Morgan fingerprint density at radius 1 is 1.15 bits per heavy atom. The molecule has 0 radical (unpaired) electrons. The summed E-state index contributed by atoms with van der Waals surface area (Å²) in [5.41, 5.74) is 1.10. The van der Waals surface area contributed by atoms with E-state index in [9.17, 15) is 9.59 Å². The number of piperidine rings is 1. The van der Waals surface area contributed by atoms with Crippen LogP contribution in [0.1, 0.15) is 23.3 Å². The third-order valence-corrected chi connectivity index (χ3v) is 5.02. The van der Waals surface area contributed by atoms with Gasteiger partial charge in [-0.15, -0.1) is 0 Å². The standard InChI is InChI=1S/C19H22N6O2/c1-23-10-9-16(22-23)17(26)20-13-7-11-25(12-8-13)19-21-15-6-4-3-5-14(15)18(27)24(19)2/h3-6,9-10,13H,7-8,11-12H2,1-2H3,(H,20,26). The summed E-state index contributed by atoms with van der Waals surface area (Å²) in [5.74, 6) is 0.526. The van der Waals surface area contributed by atoms with Gasteiger partial charge in [-0.3, -0.25) is 18.8 Å². The molecule has 1 fully saturated rings. The summed E-state index contributed by atoms with van der Waals surface area (Å²) < 4.78 is 3.22. The molecule has 3 aromatic rings. The molecule has 0 bridgehead atoms. The van der Waals surface area contributed by atoms with Crippen molar-refractivity contribution in [2.45, 2.75) is 18.9 Å². The number of aryl methyl sites for hydroxylation is 1. The highest BCUT2D eigenvalue weighted by molar-refractivity contribution is 5.92. The van der Waals surface area contributed by atoms with Gasteiger partial charge in [0.05, 0.1) is 10.9 Å². The van der Waals surface area contributed by atoms with E-state index in [0.29, 0.717) is 22.5 Å². The number of aromatic nitrogens is 4. The van der Waals surface area contributed by atoms with E-state index >= 15 is 0 Å². The molecule has 3 heterocycles. The Labute approximate surface area is 156 Å². The Bertz CT molecular complexity index is 1050. The van der Waals surface area contributed by atoms with Gasteiger partial charge in [0.1, 0.15) is 5.69 Å². The highest BCUT2D eigenvalue weighted by atomic mass is 16.2. The first-order valence-corrected chi connectivity index (χ1v) is 9.04. The minimum Gasteiger partial charge on any atom is -0.348 e. The molecular formula is C19H22N6O2. The summed E-state index contributed by atoms with van der Waals surface area (Å²) in [5, 5.41) is 7.81. The van der Waals surface area contributed by atoms with E-state index in [0.717, 1.165) is 25.9 Å². The van der Waals surface area contributed by atoms with Crippen molar-refractivity contribution in [3.05, 3.63) is 52.6 Å². The molecular weight excluding hydrogens is 344 g/mol. The topological polar surface area (TPSA) is 85.0 Å². The number of nitrogens with zero attached hydrogens (tertiary/aromatic N) is 5. The van der Waals surface area contributed by atoms with Gasteiger partial charge in [0, 0.05) is 39.4 Å². The normalized spacial score (nSPS) is 15.3. The largest absolute Gasteiger partial charge is 0.348 e. The van der Waals surface area contributed by atoms with Crippen LogP contribution in [0.3, 0.4) is 0 Å². The molecule has 2 aromatic heterocycles.